The molecule has 0 bridgehead atoms. The van der Waals surface area contributed by atoms with E-state index in [1.807, 2.05) is 6.92 Å². The predicted octanol–water partition coefficient (Wildman–Crippen LogP) is 3.16. The molecular weight excluding hydrogens is 242 g/mol. The maximum Gasteiger partial charge on any atom is 0.180 e. The minimum atomic E-state index is -0.826. The van der Waals surface area contributed by atoms with E-state index in [0.717, 1.165) is 28.6 Å². The fourth-order valence-electron chi connectivity index (χ4n) is 1.65. The maximum atomic E-state index is 13.1. The Hall–Kier alpha value is -1.49. The van der Waals surface area contributed by atoms with Gasteiger partial charge in [0.05, 0.1) is 5.69 Å². The molecule has 0 unspecified atom stereocenters. The third-order valence-corrected chi connectivity index (χ3v) is 3.41. The lowest BCUT2D eigenvalue weighted by Gasteiger charge is -2.01. The van der Waals surface area contributed by atoms with Crippen LogP contribution in [-0.2, 0) is 12.8 Å². The molecule has 0 atom stereocenters. The second-order valence-electron chi connectivity index (χ2n) is 3.70. The average molecular weight is 254 g/mol. The molecule has 1 heterocycles. The van der Waals surface area contributed by atoms with Crippen molar-refractivity contribution >= 4 is 16.5 Å². The third-order valence-electron chi connectivity index (χ3n) is 2.48. The van der Waals surface area contributed by atoms with Gasteiger partial charge < -0.3 is 5.73 Å². The standard InChI is InChI=1S/C12H12F2N2S/c1-2-10-11(17-12(15)16-10)6-7-3-4-8(13)9(14)5-7/h3-5H,2,6H2,1H3,(H2,15,16). The van der Waals surface area contributed by atoms with E-state index in [2.05, 4.69) is 4.98 Å². The molecule has 0 aliphatic carbocycles. The molecule has 0 spiro atoms. The van der Waals surface area contributed by atoms with Crippen molar-refractivity contribution in [2.45, 2.75) is 19.8 Å². The van der Waals surface area contributed by atoms with E-state index in [1.54, 1.807) is 6.07 Å². The lowest BCUT2D eigenvalue weighted by atomic mass is 10.1. The Bertz CT molecular complexity index is 537. The van der Waals surface area contributed by atoms with Gasteiger partial charge in [0.1, 0.15) is 0 Å². The Morgan fingerprint density at radius 1 is 1.29 bits per heavy atom. The topological polar surface area (TPSA) is 38.9 Å². The van der Waals surface area contributed by atoms with Crippen molar-refractivity contribution in [3.63, 3.8) is 0 Å². The SMILES string of the molecule is CCc1nc(N)sc1Cc1ccc(F)c(F)c1. The second-order valence-corrected chi connectivity index (χ2v) is 4.82. The fraction of sp³-hybridized carbons (Fsp3) is 0.250. The van der Waals surface area contributed by atoms with Gasteiger partial charge >= 0.3 is 0 Å². The first-order chi connectivity index (χ1) is 8.10. The zero-order chi connectivity index (χ0) is 12.4. The highest BCUT2D eigenvalue weighted by atomic mass is 32.1. The summed E-state index contributed by atoms with van der Waals surface area (Å²) in [5.41, 5.74) is 7.29. The Balaban J connectivity index is 2.27. The van der Waals surface area contributed by atoms with Crippen LogP contribution in [0.3, 0.4) is 0 Å². The van der Waals surface area contributed by atoms with Gasteiger partial charge in [-0.2, -0.15) is 0 Å². The van der Waals surface area contributed by atoms with Crippen LogP contribution >= 0.6 is 11.3 Å². The van der Waals surface area contributed by atoms with Crippen molar-refractivity contribution in [1.82, 2.24) is 4.98 Å². The van der Waals surface area contributed by atoms with Gasteiger partial charge in [-0.3, -0.25) is 0 Å². The minimum absolute atomic E-state index is 0.513. The molecule has 0 saturated heterocycles. The number of aryl methyl sites for hydroxylation is 1. The highest BCUT2D eigenvalue weighted by Gasteiger charge is 2.10. The van der Waals surface area contributed by atoms with E-state index in [-0.39, 0.29) is 0 Å². The van der Waals surface area contributed by atoms with Gasteiger partial charge in [0, 0.05) is 11.3 Å². The van der Waals surface area contributed by atoms with Crippen molar-refractivity contribution in [3.8, 4) is 0 Å². The van der Waals surface area contributed by atoms with Crippen LogP contribution in [0.4, 0.5) is 13.9 Å². The first kappa shape index (κ1) is 12.0. The second kappa shape index (κ2) is 4.79. The summed E-state index contributed by atoms with van der Waals surface area (Å²) in [7, 11) is 0. The monoisotopic (exact) mass is 254 g/mol. The normalized spacial score (nSPS) is 10.8. The summed E-state index contributed by atoms with van der Waals surface area (Å²) in [6.45, 7) is 1.99. The molecule has 17 heavy (non-hydrogen) atoms. The average Bonchev–Trinajstić information content (AvgIpc) is 2.64. The van der Waals surface area contributed by atoms with Crippen LogP contribution in [0.15, 0.2) is 18.2 Å². The van der Waals surface area contributed by atoms with Gasteiger partial charge in [0.25, 0.3) is 0 Å². The van der Waals surface area contributed by atoms with Crippen molar-refractivity contribution in [3.05, 3.63) is 46.0 Å². The molecular formula is C12H12F2N2S. The number of benzene rings is 1. The summed E-state index contributed by atoms with van der Waals surface area (Å²) in [4.78, 5) is 5.20. The summed E-state index contributed by atoms with van der Waals surface area (Å²) >= 11 is 1.39. The molecule has 0 fully saturated rings. The first-order valence-corrected chi connectivity index (χ1v) is 6.09. The number of halogens is 2. The molecule has 0 amide bonds. The van der Waals surface area contributed by atoms with Crippen LogP contribution < -0.4 is 5.73 Å². The molecule has 90 valence electrons. The van der Waals surface area contributed by atoms with Gasteiger partial charge in [-0.25, -0.2) is 13.8 Å². The van der Waals surface area contributed by atoms with Crippen LogP contribution in [0.1, 0.15) is 23.1 Å². The van der Waals surface area contributed by atoms with Crippen LogP contribution in [0.5, 0.6) is 0 Å². The molecule has 0 aliphatic rings. The molecule has 2 N–H and O–H groups in total. The molecule has 5 heteroatoms. The lowest BCUT2D eigenvalue weighted by Crippen LogP contribution is -1.93. The fourth-order valence-corrected chi connectivity index (χ4v) is 2.61. The van der Waals surface area contributed by atoms with Gasteiger partial charge in [0.2, 0.25) is 0 Å². The van der Waals surface area contributed by atoms with E-state index >= 15 is 0 Å². The van der Waals surface area contributed by atoms with Gasteiger partial charge in [0.15, 0.2) is 16.8 Å². The highest BCUT2D eigenvalue weighted by Crippen LogP contribution is 2.24. The first-order valence-electron chi connectivity index (χ1n) is 5.28. The molecule has 2 aromatic rings. The van der Waals surface area contributed by atoms with E-state index in [4.69, 9.17) is 5.73 Å². The number of hydrogen-bond donors (Lipinski definition) is 1. The van der Waals surface area contributed by atoms with E-state index in [1.165, 1.54) is 17.4 Å². The Morgan fingerprint density at radius 3 is 2.71 bits per heavy atom. The molecule has 1 aromatic carbocycles. The summed E-state index contributed by atoms with van der Waals surface area (Å²) in [5, 5.41) is 0.513. The third kappa shape index (κ3) is 2.61. The van der Waals surface area contributed by atoms with Crippen LogP contribution in [-0.4, -0.2) is 4.98 Å². The van der Waals surface area contributed by atoms with Crippen LogP contribution in [0.2, 0.25) is 0 Å². The number of nitrogen functional groups attached to an aromatic ring is 1. The number of aromatic nitrogens is 1. The zero-order valence-corrected chi connectivity index (χ0v) is 10.2. The number of nitrogens with zero attached hydrogens (tertiary/aromatic N) is 1. The zero-order valence-electron chi connectivity index (χ0n) is 9.34. The minimum Gasteiger partial charge on any atom is -0.375 e. The van der Waals surface area contributed by atoms with Gasteiger partial charge in [-0.15, -0.1) is 11.3 Å². The smallest absolute Gasteiger partial charge is 0.180 e. The summed E-state index contributed by atoms with van der Waals surface area (Å²) in [6.07, 6.45) is 1.32. The van der Waals surface area contributed by atoms with E-state index in [0.29, 0.717) is 11.6 Å². The maximum absolute atomic E-state index is 13.1. The van der Waals surface area contributed by atoms with Crippen molar-refractivity contribution in [2.24, 2.45) is 0 Å². The number of rotatable bonds is 3. The summed E-state index contributed by atoms with van der Waals surface area (Å²) in [6, 6.07) is 3.93. The Morgan fingerprint density at radius 2 is 2.06 bits per heavy atom. The van der Waals surface area contributed by atoms with E-state index in [9.17, 15) is 8.78 Å². The lowest BCUT2D eigenvalue weighted by molar-refractivity contribution is 0.507. The largest absolute Gasteiger partial charge is 0.375 e. The molecule has 0 radical (unpaired) electrons. The van der Waals surface area contributed by atoms with Crippen molar-refractivity contribution in [2.75, 3.05) is 5.73 Å². The number of thiazole rings is 1. The number of nitrogens with two attached hydrogens (primary N) is 1. The van der Waals surface area contributed by atoms with Crippen LogP contribution in [0.25, 0.3) is 0 Å². The summed E-state index contributed by atoms with van der Waals surface area (Å²) in [5.74, 6) is -1.65. The highest BCUT2D eigenvalue weighted by molar-refractivity contribution is 7.15. The molecule has 2 rings (SSSR count). The quantitative estimate of drug-likeness (QED) is 0.913. The van der Waals surface area contributed by atoms with Crippen molar-refractivity contribution in [1.29, 1.82) is 0 Å². The van der Waals surface area contributed by atoms with Gasteiger partial charge in [-0.1, -0.05) is 13.0 Å². The molecule has 0 aliphatic heterocycles. The molecule has 1 aromatic heterocycles. The van der Waals surface area contributed by atoms with Crippen molar-refractivity contribution < 1.29 is 8.78 Å². The summed E-state index contributed by atoms with van der Waals surface area (Å²) < 4.78 is 25.8. The molecule has 0 saturated carbocycles. The van der Waals surface area contributed by atoms with E-state index < -0.39 is 11.6 Å². The Labute approximate surface area is 102 Å². The number of anilines is 1. The Kier molecular flexibility index (Phi) is 3.38. The number of hydrogen-bond acceptors (Lipinski definition) is 3. The van der Waals surface area contributed by atoms with Gasteiger partial charge in [-0.05, 0) is 24.1 Å². The van der Waals surface area contributed by atoms with Crippen LogP contribution in [0, 0.1) is 11.6 Å². The predicted molar refractivity (Wildman–Crippen MR) is 65.1 cm³/mol. The molecule has 2 nitrogen and oxygen atoms in total.